The van der Waals surface area contributed by atoms with E-state index < -0.39 is 0 Å². The Balaban J connectivity index is 0.00000324. The first kappa shape index (κ1) is 19.0. The molecule has 114 valence electrons. The molecule has 0 atom stereocenters. The van der Waals surface area contributed by atoms with E-state index in [1.165, 1.54) is 32.4 Å². The van der Waals surface area contributed by atoms with E-state index in [4.69, 9.17) is 0 Å². The van der Waals surface area contributed by atoms with Gasteiger partial charge in [0.1, 0.15) is 0 Å². The molecule has 0 aromatic heterocycles. The molecule has 2 N–H and O–H groups in total. The van der Waals surface area contributed by atoms with Crippen molar-refractivity contribution < 1.29 is 0 Å². The Morgan fingerprint density at radius 2 is 1.95 bits per heavy atom. The monoisotopic (exact) mass is 382 g/mol. The van der Waals surface area contributed by atoms with Gasteiger partial charge in [-0.1, -0.05) is 0 Å². The van der Waals surface area contributed by atoms with Gasteiger partial charge in [0.25, 0.3) is 0 Å². The maximum Gasteiger partial charge on any atom is 0.191 e. The van der Waals surface area contributed by atoms with Crippen LogP contribution in [0.1, 0.15) is 40.0 Å². The van der Waals surface area contributed by atoms with Gasteiger partial charge in [0.2, 0.25) is 0 Å². The molecule has 0 spiro atoms. The van der Waals surface area contributed by atoms with Crippen LogP contribution in [-0.2, 0) is 0 Å². The van der Waals surface area contributed by atoms with Crippen molar-refractivity contribution in [2.75, 3.05) is 33.2 Å². The minimum atomic E-state index is 0. The molecule has 0 amide bonds. The Hall–Kier alpha value is -0.0400. The largest absolute Gasteiger partial charge is 0.357 e. The van der Waals surface area contributed by atoms with Crippen LogP contribution in [0.3, 0.4) is 0 Å². The van der Waals surface area contributed by atoms with Crippen LogP contribution in [0, 0.1) is 5.92 Å². The van der Waals surface area contributed by atoms with E-state index in [2.05, 4.69) is 48.3 Å². The number of hydrogen-bond acceptors (Lipinski definition) is 2. The standard InChI is InChI=1S/C14H30N4.HI/c1-5-15-14(17-12(2)3)16-9-6-13-7-10-18(4)11-8-13;/h12-13H,5-11H2,1-4H3,(H2,15,16,17);1H. The van der Waals surface area contributed by atoms with Gasteiger partial charge in [0.05, 0.1) is 0 Å². The molecule has 5 heteroatoms. The fraction of sp³-hybridized carbons (Fsp3) is 0.929. The molecule has 0 saturated carbocycles. The summed E-state index contributed by atoms with van der Waals surface area (Å²) in [5.74, 6) is 1.83. The van der Waals surface area contributed by atoms with E-state index in [1.807, 2.05) is 0 Å². The summed E-state index contributed by atoms with van der Waals surface area (Å²) >= 11 is 0. The fourth-order valence-corrected chi connectivity index (χ4v) is 2.30. The van der Waals surface area contributed by atoms with Gasteiger partial charge in [-0.2, -0.15) is 0 Å². The molecule has 1 rings (SSSR count). The SMILES string of the molecule is CCNC(=NCCC1CCN(C)CC1)NC(C)C.I. The van der Waals surface area contributed by atoms with Crippen molar-refractivity contribution in [3.05, 3.63) is 0 Å². The summed E-state index contributed by atoms with van der Waals surface area (Å²) < 4.78 is 0. The Kier molecular flexibility index (Phi) is 10.7. The molecule has 0 aromatic carbocycles. The van der Waals surface area contributed by atoms with Crippen LogP contribution >= 0.6 is 24.0 Å². The van der Waals surface area contributed by atoms with Gasteiger partial charge < -0.3 is 15.5 Å². The van der Waals surface area contributed by atoms with Crippen molar-refractivity contribution in [2.45, 2.75) is 46.1 Å². The molecule has 1 aliphatic rings. The molecule has 0 aromatic rings. The zero-order chi connectivity index (χ0) is 13.4. The van der Waals surface area contributed by atoms with Crippen molar-refractivity contribution in [1.29, 1.82) is 0 Å². The number of hydrogen-bond donors (Lipinski definition) is 2. The van der Waals surface area contributed by atoms with Crippen LogP contribution in [0.15, 0.2) is 4.99 Å². The average molecular weight is 382 g/mol. The number of piperidine rings is 1. The predicted octanol–water partition coefficient (Wildman–Crippen LogP) is 2.30. The van der Waals surface area contributed by atoms with E-state index in [-0.39, 0.29) is 24.0 Å². The second-order valence-electron chi connectivity index (χ2n) is 5.60. The summed E-state index contributed by atoms with van der Waals surface area (Å²) in [5, 5.41) is 6.65. The second kappa shape index (κ2) is 10.7. The van der Waals surface area contributed by atoms with Crippen LogP contribution < -0.4 is 10.6 Å². The lowest BCUT2D eigenvalue weighted by atomic mass is 9.94. The minimum absolute atomic E-state index is 0. The number of likely N-dealkylation sites (tertiary alicyclic amines) is 1. The summed E-state index contributed by atoms with van der Waals surface area (Å²) in [5.41, 5.74) is 0. The van der Waals surface area contributed by atoms with Crippen LogP contribution in [0.4, 0.5) is 0 Å². The van der Waals surface area contributed by atoms with Gasteiger partial charge in [-0.25, -0.2) is 0 Å². The summed E-state index contributed by atoms with van der Waals surface area (Å²) in [7, 11) is 2.21. The highest BCUT2D eigenvalue weighted by molar-refractivity contribution is 14.0. The normalized spacial score (nSPS) is 18.3. The first-order valence-electron chi connectivity index (χ1n) is 7.35. The van der Waals surface area contributed by atoms with Crippen molar-refractivity contribution in [3.8, 4) is 0 Å². The van der Waals surface area contributed by atoms with Gasteiger partial charge in [0, 0.05) is 19.1 Å². The summed E-state index contributed by atoms with van der Waals surface area (Å²) in [6, 6.07) is 0.436. The summed E-state index contributed by atoms with van der Waals surface area (Å²) in [4.78, 5) is 7.07. The van der Waals surface area contributed by atoms with Crippen LogP contribution in [-0.4, -0.2) is 50.1 Å². The molecular formula is C14H31IN4. The molecule has 1 aliphatic heterocycles. The summed E-state index contributed by atoms with van der Waals surface area (Å²) in [6.45, 7) is 10.8. The third-order valence-electron chi connectivity index (χ3n) is 3.42. The number of aliphatic imine (C=N–C) groups is 1. The van der Waals surface area contributed by atoms with Crippen LogP contribution in [0.25, 0.3) is 0 Å². The smallest absolute Gasteiger partial charge is 0.191 e. The lowest BCUT2D eigenvalue weighted by Gasteiger charge is -2.28. The molecule has 0 aliphatic carbocycles. The number of nitrogens with one attached hydrogen (secondary N) is 2. The van der Waals surface area contributed by atoms with E-state index in [9.17, 15) is 0 Å². The second-order valence-corrected chi connectivity index (χ2v) is 5.60. The number of nitrogens with zero attached hydrogens (tertiary/aromatic N) is 2. The minimum Gasteiger partial charge on any atom is -0.357 e. The highest BCUT2D eigenvalue weighted by atomic mass is 127. The topological polar surface area (TPSA) is 39.7 Å². The highest BCUT2D eigenvalue weighted by Gasteiger charge is 2.15. The quantitative estimate of drug-likeness (QED) is 0.436. The molecule has 4 nitrogen and oxygen atoms in total. The molecule has 0 radical (unpaired) electrons. The van der Waals surface area contributed by atoms with Gasteiger partial charge >= 0.3 is 0 Å². The maximum atomic E-state index is 4.65. The lowest BCUT2D eigenvalue weighted by Crippen LogP contribution is -2.41. The molecule has 1 heterocycles. The third kappa shape index (κ3) is 8.68. The Morgan fingerprint density at radius 3 is 2.47 bits per heavy atom. The Bertz CT molecular complexity index is 248. The average Bonchev–Trinajstić information content (AvgIpc) is 2.31. The van der Waals surface area contributed by atoms with E-state index >= 15 is 0 Å². The Morgan fingerprint density at radius 1 is 1.32 bits per heavy atom. The number of guanidine groups is 1. The summed E-state index contributed by atoms with van der Waals surface area (Å²) in [6.07, 6.45) is 3.89. The fourth-order valence-electron chi connectivity index (χ4n) is 2.30. The van der Waals surface area contributed by atoms with E-state index in [0.717, 1.165) is 25.0 Å². The van der Waals surface area contributed by atoms with Crippen molar-refractivity contribution in [2.24, 2.45) is 10.9 Å². The van der Waals surface area contributed by atoms with Gasteiger partial charge in [-0.3, -0.25) is 4.99 Å². The van der Waals surface area contributed by atoms with E-state index in [1.54, 1.807) is 0 Å². The van der Waals surface area contributed by atoms with E-state index in [0.29, 0.717) is 6.04 Å². The number of halogens is 1. The van der Waals surface area contributed by atoms with Crippen LogP contribution in [0.5, 0.6) is 0 Å². The first-order valence-corrected chi connectivity index (χ1v) is 7.35. The zero-order valence-electron chi connectivity index (χ0n) is 12.9. The third-order valence-corrected chi connectivity index (χ3v) is 3.42. The predicted molar refractivity (Wildman–Crippen MR) is 94.5 cm³/mol. The molecule has 0 unspecified atom stereocenters. The van der Waals surface area contributed by atoms with Crippen molar-refractivity contribution in [3.63, 3.8) is 0 Å². The molecule has 1 saturated heterocycles. The number of rotatable bonds is 5. The Labute approximate surface area is 135 Å². The molecular weight excluding hydrogens is 351 g/mol. The van der Waals surface area contributed by atoms with Crippen molar-refractivity contribution >= 4 is 29.9 Å². The maximum absolute atomic E-state index is 4.65. The molecule has 0 bridgehead atoms. The van der Waals surface area contributed by atoms with Gasteiger partial charge in [-0.05, 0) is 66.1 Å². The molecule has 19 heavy (non-hydrogen) atoms. The molecule has 1 fully saturated rings. The van der Waals surface area contributed by atoms with Crippen LogP contribution in [0.2, 0.25) is 0 Å². The first-order chi connectivity index (χ1) is 8.61. The van der Waals surface area contributed by atoms with Gasteiger partial charge in [0.15, 0.2) is 5.96 Å². The zero-order valence-corrected chi connectivity index (χ0v) is 15.2. The lowest BCUT2D eigenvalue weighted by molar-refractivity contribution is 0.214. The van der Waals surface area contributed by atoms with Crippen molar-refractivity contribution in [1.82, 2.24) is 15.5 Å². The van der Waals surface area contributed by atoms with Gasteiger partial charge in [-0.15, -0.1) is 24.0 Å². The highest BCUT2D eigenvalue weighted by Crippen LogP contribution is 2.19.